The summed E-state index contributed by atoms with van der Waals surface area (Å²) >= 11 is 0. The Hall–Kier alpha value is -1.36. The molecule has 2 N–H and O–H groups in total. The Kier molecular flexibility index (Phi) is 4.06. The van der Waals surface area contributed by atoms with Crippen LogP contribution in [0.3, 0.4) is 0 Å². The summed E-state index contributed by atoms with van der Waals surface area (Å²) in [6.45, 7) is 4.39. The second-order valence-corrected chi connectivity index (χ2v) is 4.23. The molecule has 90 valence electrons. The van der Waals surface area contributed by atoms with Crippen LogP contribution in [0.25, 0.3) is 0 Å². The number of carbonyl (C=O) groups is 1. The van der Waals surface area contributed by atoms with Crippen LogP contribution in [0.15, 0.2) is 12.3 Å². The number of aromatic nitrogens is 2. The number of carbonyl (C=O) groups excluding carboxylic acids is 1. The van der Waals surface area contributed by atoms with Crippen LogP contribution >= 0.6 is 0 Å². The van der Waals surface area contributed by atoms with E-state index < -0.39 is 5.54 Å². The molecule has 1 rings (SSSR count). The van der Waals surface area contributed by atoms with E-state index in [-0.39, 0.29) is 5.97 Å². The predicted molar refractivity (Wildman–Crippen MR) is 60.8 cm³/mol. The summed E-state index contributed by atoms with van der Waals surface area (Å²) in [5.74, 6) is -0.371. The van der Waals surface area contributed by atoms with E-state index in [1.54, 1.807) is 6.92 Å². The average molecular weight is 225 g/mol. The third-order valence-corrected chi connectivity index (χ3v) is 2.51. The van der Waals surface area contributed by atoms with Gasteiger partial charge in [0.1, 0.15) is 5.54 Å². The number of ether oxygens (including phenoxy) is 1. The Balaban J connectivity index is 2.38. The molecule has 0 saturated carbocycles. The van der Waals surface area contributed by atoms with E-state index in [0.29, 0.717) is 6.42 Å². The molecule has 1 atom stereocenters. The van der Waals surface area contributed by atoms with E-state index in [4.69, 9.17) is 5.73 Å². The maximum Gasteiger partial charge on any atom is 0.325 e. The van der Waals surface area contributed by atoms with Crippen molar-refractivity contribution in [2.45, 2.75) is 38.8 Å². The number of nitrogens with zero attached hydrogens (tertiary/aromatic N) is 2. The van der Waals surface area contributed by atoms with Gasteiger partial charge in [-0.15, -0.1) is 0 Å². The van der Waals surface area contributed by atoms with Crippen LogP contribution in [0.2, 0.25) is 0 Å². The van der Waals surface area contributed by atoms with Gasteiger partial charge in [-0.1, -0.05) is 0 Å². The third-order valence-electron chi connectivity index (χ3n) is 2.51. The van der Waals surface area contributed by atoms with Crippen molar-refractivity contribution in [2.24, 2.45) is 5.73 Å². The van der Waals surface area contributed by atoms with Crippen LogP contribution in [0.5, 0.6) is 0 Å². The summed E-state index contributed by atoms with van der Waals surface area (Å²) < 4.78 is 6.49. The molecular formula is C11H19N3O2. The molecule has 0 aliphatic rings. The minimum atomic E-state index is -0.906. The fourth-order valence-electron chi connectivity index (χ4n) is 1.53. The van der Waals surface area contributed by atoms with Crippen molar-refractivity contribution >= 4 is 5.97 Å². The molecule has 16 heavy (non-hydrogen) atoms. The lowest BCUT2D eigenvalue weighted by molar-refractivity contribution is -0.146. The van der Waals surface area contributed by atoms with Gasteiger partial charge in [0.15, 0.2) is 0 Å². The SMILES string of the molecule is COC(=O)C(C)(N)CCCn1ccc(C)n1. The van der Waals surface area contributed by atoms with E-state index >= 15 is 0 Å². The van der Waals surface area contributed by atoms with E-state index in [1.807, 2.05) is 23.9 Å². The molecule has 1 aromatic heterocycles. The van der Waals surface area contributed by atoms with E-state index in [9.17, 15) is 4.79 Å². The van der Waals surface area contributed by atoms with E-state index in [1.165, 1.54) is 7.11 Å². The zero-order valence-corrected chi connectivity index (χ0v) is 10.1. The summed E-state index contributed by atoms with van der Waals surface area (Å²) in [5, 5.41) is 4.25. The number of esters is 1. The largest absolute Gasteiger partial charge is 0.468 e. The Morgan fingerprint density at radius 2 is 2.38 bits per heavy atom. The second kappa shape index (κ2) is 5.12. The lowest BCUT2D eigenvalue weighted by atomic mass is 9.97. The lowest BCUT2D eigenvalue weighted by Crippen LogP contribution is -2.45. The van der Waals surface area contributed by atoms with Crippen LogP contribution in [0.1, 0.15) is 25.5 Å². The van der Waals surface area contributed by atoms with Crippen molar-refractivity contribution in [1.82, 2.24) is 9.78 Å². The van der Waals surface area contributed by atoms with Crippen molar-refractivity contribution in [2.75, 3.05) is 7.11 Å². The Morgan fingerprint density at radius 1 is 1.69 bits per heavy atom. The molecule has 1 heterocycles. The first kappa shape index (κ1) is 12.7. The first-order valence-corrected chi connectivity index (χ1v) is 5.33. The molecule has 0 aliphatic heterocycles. The Bertz CT molecular complexity index is 358. The van der Waals surface area contributed by atoms with Crippen LogP contribution in [0, 0.1) is 6.92 Å². The highest BCUT2D eigenvalue weighted by molar-refractivity contribution is 5.79. The highest BCUT2D eigenvalue weighted by Crippen LogP contribution is 2.11. The van der Waals surface area contributed by atoms with Gasteiger partial charge in [0.05, 0.1) is 12.8 Å². The number of rotatable bonds is 5. The average Bonchev–Trinajstić information content (AvgIpc) is 2.62. The summed E-state index contributed by atoms with van der Waals surface area (Å²) in [6.07, 6.45) is 3.29. The van der Waals surface area contributed by atoms with Gasteiger partial charge >= 0.3 is 5.97 Å². The van der Waals surface area contributed by atoms with Crippen molar-refractivity contribution < 1.29 is 9.53 Å². The monoisotopic (exact) mass is 225 g/mol. The maximum atomic E-state index is 11.3. The van der Waals surface area contributed by atoms with Gasteiger partial charge in [-0.25, -0.2) is 0 Å². The lowest BCUT2D eigenvalue weighted by Gasteiger charge is -2.20. The van der Waals surface area contributed by atoms with Crippen LogP contribution in [0.4, 0.5) is 0 Å². The Labute approximate surface area is 95.6 Å². The standard InChI is InChI=1S/C11H19N3O2/c1-9-5-8-14(13-9)7-4-6-11(2,12)10(15)16-3/h5,8H,4,6-7,12H2,1-3H3. The highest BCUT2D eigenvalue weighted by Gasteiger charge is 2.28. The zero-order valence-electron chi connectivity index (χ0n) is 10.1. The van der Waals surface area contributed by atoms with Crippen molar-refractivity contribution in [3.8, 4) is 0 Å². The van der Waals surface area contributed by atoms with Crippen molar-refractivity contribution in [3.05, 3.63) is 18.0 Å². The Morgan fingerprint density at radius 3 is 2.88 bits per heavy atom. The van der Waals surface area contributed by atoms with Crippen molar-refractivity contribution in [1.29, 1.82) is 0 Å². The first-order chi connectivity index (χ1) is 7.45. The van der Waals surface area contributed by atoms with E-state index in [2.05, 4.69) is 9.84 Å². The molecule has 0 saturated heterocycles. The van der Waals surface area contributed by atoms with E-state index in [0.717, 1.165) is 18.7 Å². The minimum absolute atomic E-state index is 0.371. The smallest absolute Gasteiger partial charge is 0.325 e. The number of nitrogens with two attached hydrogens (primary N) is 1. The van der Waals surface area contributed by atoms with Gasteiger partial charge in [0.2, 0.25) is 0 Å². The molecule has 0 fully saturated rings. The molecule has 0 aliphatic carbocycles. The van der Waals surface area contributed by atoms with Gasteiger partial charge in [0.25, 0.3) is 0 Å². The number of hydrogen-bond acceptors (Lipinski definition) is 4. The highest BCUT2D eigenvalue weighted by atomic mass is 16.5. The fraction of sp³-hybridized carbons (Fsp3) is 0.636. The molecule has 0 spiro atoms. The molecule has 0 amide bonds. The molecular weight excluding hydrogens is 206 g/mol. The van der Waals surface area contributed by atoms with Gasteiger partial charge in [0, 0.05) is 12.7 Å². The molecule has 1 aromatic rings. The van der Waals surface area contributed by atoms with Crippen LogP contribution in [-0.2, 0) is 16.1 Å². The number of methoxy groups -OCH3 is 1. The molecule has 0 radical (unpaired) electrons. The number of aryl methyl sites for hydroxylation is 2. The normalized spacial score (nSPS) is 14.5. The van der Waals surface area contributed by atoms with Crippen LogP contribution in [-0.4, -0.2) is 28.4 Å². The minimum Gasteiger partial charge on any atom is -0.468 e. The summed E-state index contributed by atoms with van der Waals surface area (Å²) in [7, 11) is 1.35. The molecule has 0 bridgehead atoms. The summed E-state index contributed by atoms with van der Waals surface area (Å²) in [5.41, 5.74) is 5.92. The van der Waals surface area contributed by atoms with Gasteiger partial charge in [-0.05, 0) is 32.8 Å². The fourth-order valence-corrected chi connectivity index (χ4v) is 1.53. The molecule has 5 nitrogen and oxygen atoms in total. The van der Waals surface area contributed by atoms with Gasteiger partial charge in [-0.2, -0.15) is 5.10 Å². The second-order valence-electron chi connectivity index (χ2n) is 4.23. The van der Waals surface area contributed by atoms with Crippen molar-refractivity contribution in [3.63, 3.8) is 0 Å². The maximum absolute atomic E-state index is 11.3. The molecule has 1 unspecified atom stereocenters. The number of hydrogen-bond donors (Lipinski definition) is 1. The summed E-state index contributed by atoms with van der Waals surface area (Å²) in [4.78, 5) is 11.3. The van der Waals surface area contributed by atoms with Gasteiger partial charge in [-0.3, -0.25) is 9.48 Å². The third kappa shape index (κ3) is 3.34. The predicted octanol–water partition coefficient (Wildman–Crippen LogP) is 0.862. The summed E-state index contributed by atoms with van der Waals surface area (Å²) in [6, 6.07) is 1.95. The van der Waals surface area contributed by atoms with Gasteiger partial charge < -0.3 is 10.5 Å². The molecule has 0 aromatic carbocycles. The zero-order chi connectivity index (χ0) is 12.2. The quantitative estimate of drug-likeness (QED) is 0.755. The van der Waals surface area contributed by atoms with Crippen LogP contribution < -0.4 is 5.73 Å². The topological polar surface area (TPSA) is 70.1 Å². The molecule has 5 heteroatoms. The first-order valence-electron chi connectivity index (χ1n) is 5.33.